The van der Waals surface area contributed by atoms with Crippen LogP contribution in [0.1, 0.15) is 11.6 Å². The summed E-state index contributed by atoms with van der Waals surface area (Å²) in [6.07, 6.45) is 0.569. The van der Waals surface area contributed by atoms with Crippen molar-refractivity contribution in [2.45, 2.75) is 6.04 Å². The molecule has 1 aromatic carbocycles. The van der Waals surface area contributed by atoms with Gasteiger partial charge in [0, 0.05) is 0 Å². The van der Waals surface area contributed by atoms with E-state index in [4.69, 9.17) is 9.84 Å². The second kappa shape index (κ2) is 6.63. The molecular formula is C12H15NO3. The van der Waals surface area contributed by atoms with Gasteiger partial charge in [-0.3, -0.25) is 0 Å². The van der Waals surface area contributed by atoms with Crippen molar-refractivity contribution in [3.8, 4) is 0 Å². The van der Waals surface area contributed by atoms with Crippen LogP contribution in [-0.2, 0) is 4.74 Å². The van der Waals surface area contributed by atoms with Crippen LogP contribution in [0.25, 0.3) is 0 Å². The minimum absolute atomic E-state index is 0.294. The maximum absolute atomic E-state index is 10.6. The lowest BCUT2D eigenvalue weighted by molar-refractivity contribution is 0.129. The molecule has 1 rings (SSSR count). The molecule has 0 radical (unpaired) electrons. The van der Waals surface area contributed by atoms with Crippen LogP contribution in [0.4, 0.5) is 4.79 Å². The average Bonchev–Trinajstić information content (AvgIpc) is 2.29. The number of carbonyl (C=O) groups is 1. The first-order valence-electron chi connectivity index (χ1n) is 4.97. The highest BCUT2D eigenvalue weighted by molar-refractivity contribution is 5.65. The maximum Gasteiger partial charge on any atom is 0.405 e. The maximum atomic E-state index is 10.6. The average molecular weight is 221 g/mol. The summed E-state index contributed by atoms with van der Waals surface area (Å²) >= 11 is 0. The third-order valence-electron chi connectivity index (χ3n) is 2.02. The van der Waals surface area contributed by atoms with E-state index in [1.165, 1.54) is 0 Å². The summed E-state index contributed by atoms with van der Waals surface area (Å²) in [4.78, 5) is 10.6. The Balaban J connectivity index is 2.63. The van der Waals surface area contributed by atoms with Gasteiger partial charge in [0.25, 0.3) is 0 Å². The molecule has 0 bridgehead atoms. The van der Waals surface area contributed by atoms with Crippen molar-refractivity contribution >= 4 is 6.09 Å². The van der Waals surface area contributed by atoms with E-state index >= 15 is 0 Å². The number of benzene rings is 1. The Morgan fingerprint density at radius 2 is 2.19 bits per heavy atom. The molecule has 1 aromatic rings. The predicted molar refractivity (Wildman–Crippen MR) is 61.4 cm³/mol. The third-order valence-corrected chi connectivity index (χ3v) is 2.02. The predicted octanol–water partition coefficient (Wildman–Crippen LogP) is 2.20. The standard InChI is InChI=1S/C12H15NO3/c1-2-8-16-9-11(13-12(14)15)10-6-4-3-5-7-10/h2-7,11,13H,1,8-9H2,(H,14,15)/t11-/m0/s1. The molecule has 0 spiro atoms. The summed E-state index contributed by atoms with van der Waals surface area (Å²) in [6, 6.07) is 8.97. The van der Waals surface area contributed by atoms with Gasteiger partial charge in [-0.1, -0.05) is 36.4 Å². The third kappa shape index (κ3) is 4.14. The zero-order valence-electron chi connectivity index (χ0n) is 8.93. The van der Waals surface area contributed by atoms with Crippen molar-refractivity contribution in [1.82, 2.24) is 5.32 Å². The van der Waals surface area contributed by atoms with Crippen LogP contribution in [0.2, 0.25) is 0 Å². The highest BCUT2D eigenvalue weighted by atomic mass is 16.5. The zero-order chi connectivity index (χ0) is 11.8. The SMILES string of the molecule is C=CCOC[C@H](NC(=O)O)c1ccccc1. The van der Waals surface area contributed by atoms with Crippen molar-refractivity contribution in [3.63, 3.8) is 0 Å². The van der Waals surface area contributed by atoms with Gasteiger partial charge in [0.05, 0.1) is 19.3 Å². The molecule has 0 fully saturated rings. The number of hydrogen-bond donors (Lipinski definition) is 2. The van der Waals surface area contributed by atoms with Gasteiger partial charge < -0.3 is 15.2 Å². The van der Waals surface area contributed by atoms with Crippen LogP contribution in [0.5, 0.6) is 0 Å². The number of hydrogen-bond acceptors (Lipinski definition) is 2. The Labute approximate surface area is 94.6 Å². The summed E-state index contributed by atoms with van der Waals surface area (Å²) in [5.74, 6) is 0. The van der Waals surface area contributed by atoms with Gasteiger partial charge in [-0.25, -0.2) is 4.79 Å². The molecular weight excluding hydrogens is 206 g/mol. The van der Waals surface area contributed by atoms with E-state index in [9.17, 15) is 4.79 Å². The van der Waals surface area contributed by atoms with Crippen molar-refractivity contribution in [2.24, 2.45) is 0 Å². The Hall–Kier alpha value is -1.81. The number of rotatable bonds is 6. The first kappa shape index (κ1) is 12.3. The highest BCUT2D eigenvalue weighted by Gasteiger charge is 2.13. The molecule has 4 heteroatoms. The molecule has 16 heavy (non-hydrogen) atoms. The van der Waals surface area contributed by atoms with Gasteiger partial charge in [-0.2, -0.15) is 0 Å². The first-order chi connectivity index (χ1) is 7.74. The van der Waals surface area contributed by atoms with Crippen LogP contribution in [-0.4, -0.2) is 24.4 Å². The number of ether oxygens (including phenoxy) is 1. The van der Waals surface area contributed by atoms with Crippen molar-refractivity contribution in [2.75, 3.05) is 13.2 Å². The second-order valence-corrected chi connectivity index (χ2v) is 3.24. The molecule has 4 nitrogen and oxygen atoms in total. The van der Waals surface area contributed by atoms with E-state index in [1.54, 1.807) is 6.08 Å². The summed E-state index contributed by atoms with van der Waals surface area (Å²) in [5, 5.41) is 11.1. The number of carboxylic acid groups (broad SMARTS) is 1. The van der Waals surface area contributed by atoms with E-state index in [-0.39, 0.29) is 6.04 Å². The van der Waals surface area contributed by atoms with Crippen molar-refractivity contribution in [3.05, 3.63) is 48.6 Å². The lowest BCUT2D eigenvalue weighted by Crippen LogP contribution is -2.30. The molecule has 86 valence electrons. The summed E-state index contributed by atoms with van der Waals surface area (Å²) < 4.78 is 5.26. The van der Waals surface area contributed by atoms with Gasteiger partial charge in [0.1, 0.15) is 0 Å². The Bertz CT molecular complexity index is 337. The van der Waals surface area contributed by atoms with Gasteiger partial charge in [0.15, 0.2) is 0 Å². The molecule has 1 atom stereocenters. The fourth-order valence-electron chi connectivity index (χ4n) is 1.32. The van der Waals surface area contributed by atoms with Crippen LogP contribution in [0.15, 0.2) is 43.0 Å². The van der Waals surface area contributed by atoms with Crippen molar-refractivity contribution in [1.29, 1.82) is 0 Å². The van der Waals surface area contributed by atoms with Gasteiger partial charge in [0.2, 0.25) is 0 Å². The van der Waals surface area contributed by atoms with E-state index in [0.29, 0.717) is 13.2 Å². The molecule has 0 aromatic heterocycles. The summed E-state index contributed by atoms with van der Waals surface area (Å²) in [6.45, 7) is 4.23. The van der Waals surface area contributed by atoms with Gasteiger partial charge >= 0.3 is 6.09 Å². The summed E-state index contributed by atoms with van der Waals surface area (Å²) in [7, 11) is 0. The smallest absolute Gasteiger partial charge is 0.405 e. The second-order valence-electron chi connectivity index (χ2n) is 3.24. The van der Waals surface area contributed by atoms with Crippen molar-refractivity contribution < 1.29 is 14.6 Å². The lowest BCUT2D eigenvalue weighted by atomic mass is 10.1. The quantitative estimate of drug-likeness (QED) is 0.572. The fraction of sp³-hybridized carbons (Fsp3) is 0.250. The Morgan fingerprint density at radius 1 is 1.50 bits per heavy atom. The molecule has 0 aliphatic rings. The molecule has 0 aliphatic heterocycles. The summed E-state index contributed by atoms with van der Waals surface area (Å²) in [5.41, 5.74) is 0.883. The normalized spacial score (nSPS) is 11.8. The first-order valence-corrected chi connectivity index (χ1v) is 4.97. The number of nitrogens with one attached hydrogen (secondary N) is 1. The molecule has 0 heterocycles. The van der Waals surface area contributed by atoms with E-state index in [0.717, 1.165) is 5.56 Å². The van der Waals surface area contributed by atoms with E-state index < -0.39 is 6.09 Å². The van der Waals surface area contributed by atoms with E-state index in [1.807, 2.05) is 30.3 Å². The molecule has 0 aliphatic carbocycles. The number of amides is 1. The topological polar surface area (TPSA) is 58.6 Å². The molecule has 0 unspecified atom stereocenters. The minimum Gasteiger partial charge on any atom is -0.465 e. The minimum atomic E-state index is -1.06. The zero-order valence-corrected chi connectivity index (χ0v) is 8.93. The van der Waals surface area contributed by atoms with Crippen LogP contribution < -0.4 is 5.32 Å². The molecule has 2 N–H and O–H groups in total. The largest absolute Gasteiger partial charge is 0.465 e. The Kier molecular flexibility index (Phi) is 5.08. The van der Waals surface area contributed by atoms with Gasteiger partial charge in [-0.15, -0.1) is 6.58 Å². The monoisotopic (exact) mass is 221 g/mol. The van der Waals surface area contributed by atoms with Crippen LogP contribution in [0.3, 0.4) is 0 Å². The highest BCUT2D eigenvalue weighted by Crippen LogP contribution is 2.12. The van der Waals surface area contributed by atoms with Gasteiger partial charge in [-0.05, 0) is 5.56 Å². The Morgan fingerprint density at radius 3 is 2.75 bits per heavy atom. The fourth-order valence-corrected chi connectivity index (χ4v) is 1.32. The molecule has 0 saturated heterocycles. The molecule has 1 amide bonds. The van der Waals surface area contributed by atoms with E-state index in [2.05, 4.69) is 11.9 Å². The van der Waals surface area contributed by atoms with Crippen LogP contribution >= 0.6 is 0 Å². The lowest BCUT2D eigenvalue weighted by Gasteiger charge is -2.16. The van der Waals surface area contributed by atoms with Crippen LogP contribution in [0, 0.1) is 0 Å². The molecule has 0 saturated carbocycles.